The van der Waals surface area contributed by atoms with Gasteiger partial charge in [0.25, 0.3) is 0 Å². The van der Waals surface area contributed by atoms with Gasteiger partial charge >= 0.3 is 5.97 Å². The molecule has 0 aliphatic rings. The molecule has 0 aliphatic heterocycles. The van der Waals surface area contributed by atoms with E-state index in [1.165, 1.54) is 44.9 Å². The fraction of sp³-hybridized carbons (Fsp3) is 0.481. The van der Waals surface area contributed by atoms with Gasteiger partial charge in [0.15, 0.2) is 5.78 Å². The van der Waals surface area contributed by atoms with Gasteiger partial charge < -0.3 is 4.74 Å². The molecule has 2 aromatic rings. The van der Waals surface area contributed by atoms with Gasteiger partial charge in [-0.1, -0.05) is 124 Å². The first-order chi connectivity index (χ1) is 15.6. The molecular formula is C27H34Cl2O3. The number of benzene rings is 2. The quantitative estimate of drug-likeness (QED) is 0.112. The first-order valence-corrected chi connectivity index (χ1v) is 12.5. The summed E-state index contributed by atoms with van der Waals surface area (Å²) in [6.07, 6.45) is 12.0. The predicted octanol–water partition coefficient (Wildman–Crippen LogP) is 8.42. The summed E-state index contributed by atoms with van der Waals surface area (Å²) in [6, 6.07) is 13.8. The molecule has 2 aromatic carbocycles. The van der Waals surface area contributed by atoms with Crippen LogP contribution in [-0.2, 0) is 9.53 Å². The van der Waals surface area contributed by atoms with E-state index in [-0.39, 0.29) is 15.6 Å². The standard InChI is InChI=1S/C27H34Cl2O3/c1-2-3-4-5-6-7-8-9-10-14-20-32-27(31)24(21-16-12-11-13-17-21)26(30)25-22(28)18-15-19-23(25)29/h11-13,15-19,24H,2-10,14,20H2,1H3. The lowest BCUT2D eigenvalue weighted by molar-refractivity contribution is -0.144. The van der Waals surface area contributed by atoms with E-state index in [4.69, 9.17) is 27.9 Å². The summed E-state index contributed by atoms with van der Waals surface area (Å²) < 4.78 is 5.51. The van der Waals surface area contributed by atoms with Crippen molar-refractivity contribution in [1.29, 1.82) is 0 Å². The summed E-state index contributed by atoms with van der Waals surface area (Å²) in [6.45, 7) is 2.54. The third-order valence-electron chi connectivity index (χ3n) is 5.58. The van der Waals surface area contributed by atoms with Crippen LogP contribution in [0.25, 0.3) is 0 Å². The Bertz CT molecular complexity index is 816. The molecule has 32 heavy (non-hydrogen) atoms. The molecule has 0 N–H and O–H groups in total. The summed E-state index contributed by atoms with van der Waals surface area (Å²) in [4.78, 5) is 26.2. The topological polar surface area (TPSA) is 43.4 Å². The number of ketones is 1. The van der Waals surface area contributed by atoms with Gasteiger partial charge in [-0.25, -0.2) is 0 Å². The molecule has 0 saturated heterocycles. The zero-order chi connectivity index (χ0) is 23.2. The number of Topliss-reactive ketones (excluding diaryl/α,β-unsaturated/α-hetero) is 1. The van der Waals surface area contributed by atoms with Gasteiger partial charge in [-0.15, -0.1) is 0 Å². The minimum Gasteiger partial charge on any atom is -0.465 e. The zero-order valence-electron chi connectivity index (χ0n) is 19.0. The monoisotopic (exact) mass is 476 g/mol. The number of carbonyl (C=O) groups is 2. The molecule has 0 heterocycles. The Morgan fingerprint density at radius 3 is 1.84 bits per heavy atom. The number of rotatable bonds is 15. The van der Waals surface area contributed by atoms with Gasteiger partial charge in [-0.05, 0) is 24.1 Å². The van der Waals surface area contributed by atoms with Gasteiger partial charge in [0.2, 0.25) is 0 Å². The van der Waals surface area contributed by atoms with E-state index in [0.717, 1.165) is 19.3 Å². The lowest BCUT2D eigenvalue weighted by Crippen LogP contribution is -2.25. The van der Waals surface area contributed by atoms with Crippen LogP contribution in [0.15, 0.2) is 48.5 Å². The summed E-state index contributed by atoms with van der Waals surface area (Å²) in [7, 11) is 0. The number of carbonyl (C=O) groups excluding carboxylic acids is 2. The molecule has 0 bridgehead atoms. The molecule has 0 radical (unpaired) electrons. The molecule has 1 atom stereocenters. The number of unbranched alkanes of at least 4 members (excludes halogenated alkanes) is 9. The zero-order valence-corrected chi connectivity index (χ0v) is 20.5. The Hall–Kier alpha value is -1.84. The molecule has 3 nitrogen and oxygen atoms in total. The summed E-state index contributed by atoms with van der Waals surface area (Å²) in [5, 5.41) is 0.455. The van der Waals surface area contributed by atoms with Crippen molar-refractivity contribution >= 4 is 35.0 Å². The van der Waals surface area contributed by atoms with Crippen LogP contribution in [0.5, 0.6) is 0 Å². The van der Waals surface area contributed by atoms with Crippen molar-refractivity contribution < 1.29 is 14.3 Å². The number of ether oxygens (including phenoxy) is 1. The van der Waals surface area contributed by atoms with Gasteiger partial charge in [-0.2, -0.15) is 0 Å². The van der Waals surface area contributed by atoms with Crippen LogP contribution >= 0.6 is 23.2 Å². The van der Waals surface area contributed by atoms with E-state index in [0.29, 0.717) is 12.2 Å². The molecule has 0 saturated carbocycles. The second kappa shape index (κ2) is 15.1. The first-order valence-electron chi connectivity index (χ1n) is 11.8. The number of esters is 1. The average Bonchev–Trinajstić information content (AvgIpc) is 2.78. The summed E-state index contributed by atoms with van der Waals surface area (Å²) in [5.41, 5.74) is 0.724. The smallest absolute Gasteiger partial charge is 0.321 e. The Morgan fingerprint density at radius 2 is 1.28 bits per heavy atom. The fourth-order valence-electron chi connectivity index (χ4n) is 3.76. The van der Waals surface area contributed by atoms with Crippen molar-refractivity contribution in [2.24, 2.45) is 0 Å². The molecule has 174 valence electrons. The van der Waals surface area contributed by atoms with Crippen molar-refractivity contribution in [3.05, 3.63) is 69.7 Å². The van der Waals surface area contributed by atoms with E-state index >= 15 is 0 Å². The summed E-state index contributed by atoms with van der Waals surface area (Å²) >= 11 is 12.5. The molecular weight excluding hydrogens is 443 g/mol. The van der Waals surface area contributed by atoms with Crippen LogP contribution in [0.2, 0.25) is 10.0 Å². The van der Waals surface area contributed by atoms with Crippen molar-refractivity contribution in [3.8, 4) is 0 Å². The Morgan fingerprint density at radius 1 is 0.750 bits per heavy atom. The van der Waals surface area contributed by atoms with E-state index < -0.39 is 17.7 Å². The highest BCUT2D eigenvalue weighted by Gasteiger charge is 2.33. The van der Waals surface area contributed by atoms with Crippen LogP contribution in [0.1, 0.15) is 93.0 Å². The average molecular weight is 477 g/mol. The Labute approximate surface area is 202 Å². The van der Waals surface area contributed by atoms with E-state index in [1.54, 1.807) is 42.5 Å². The highest BCUT2D eigenvalue weighted by atomic mass is 35.5. The van der Waals surface area contributed by atoms with Gasteiger partial charge in [0, 0.05) is 0 Å². The SMILES string of the molecule is CCCCCCCCCCCCOC(=O)C(C(=O)c1c(Cl)cccc1Cl)c1ccccc1. The lowest BCUT2D eigenvalue weighted by atomic mass is 9.90. The largest absolute Gasteiger partial charge is 0.465 e. The number of halogens is 2. The maximum absolute atomic E-state index is 13.3. The third-order valence-corrected chi connectivity index (χ3v) is 6.21. The minimum atomic E-state index is -1.09. The molecule has 0 amide bonds. The highest BCUT2D eigenvalue weighted by Crippen LogP contribution is 2.31. The Balaban J connectivity index is 1.86. The van der Waals surface area contributed by atoms with E-state index in [9.17, 15) is 9.59 Å². The fourth-order valence-corrected chi connectivity index (χ4v) is 4.35. The molecule has 0 aliphatic carbocycles. The van der Waals surface area contributed by atoms with Crippen LogP contribution in [0.4, 0.5) is 0 Å². The van der Waals surface area contributed by atoms with Crippen LogP contribution in [0, 0.1) is 0 Å². The maximum Gasteiger partial charge on any atom is 0.321 e. The van der Waals surface area contributed by atoms with Crippen molar-refractivity contribution in [1.82, 2.24) is 0 Å². The van der Waals surface area contributed by atoms with E-state index in [1.807, 2.05) is 6.07 Å². The second-order valence-electron chi connectivity index (χ2n) is 8.15. The highest BCUT2D eigenvalue weighted by molar-refractivity contribution is 6.40. The predicted molar refractivity (Wildman–Crippen MR) is 133 cm³/mol. The van der Waals surface area contributed by atoms with Crippen LogP contribution in [-0.4, -0.2) is 18.4 Å². The molecule has 2 rings (SSSR count). The molecule has 0 spiro atoms. The van der Waals surface area contributed by atoms with Crippen molar-refractivity contribution in [2.75, 3.05) is 6.61 Å². The van der Waals surface area contributed by atoms with Gasteiger partial charge in [-0.3, -0.25) is 9.59 Å². The van der Waals surface area contributed by atoms with Gasteiger partial charge in [0.05, 0.1) is 22.2 Å². The number of hydrogen-bond donors (Lipinski definition) is 0. The van der Waals surface area contributed by atoms with Gasteiger partial charge in [0.1, 0.15) is 5.92 Å². The second-order valence-corrected chi connectivity index (χ2v) is 8.97. The normalized spacial score (nSPS) is 11.8. The maximum atomic E-state index is 13.3. The molecule has 0 fully saturated rings. The molecule has 5 heteroatoms. The third kappa shape index (κ3) is 8.60. The van der Waals surface area contributed by atoms with Crippen LogP contribution < -0.4 is 0 Å². The number of hydrogen-bond acceptors (Lipinski definition) is 3. The van der Waals surface area contributed by atoms with Crippen molar-refractivity contribution in [3.63, 3.8) is 0 Å². The summed E-state index contributed by atoms with van der Waals surface area (Å²) in [5.74, 6) is -2.09. The molecule has 0 aromatic heterocycles. The molecule has 1 unspecified atom stereocenters. The lowest BCUT2D eigenvalue weighted by Gasteiger charge is -2.17. The van der Waals surface area contributed by atoms with Crippen molar-refractivity contribution in [2.45, 2.75) is 77.0 Å². The Kier molecular flexibility index (Phi) is 12.4. The van der Waals surface area contributed by atoms with Crippen LogP contribution in [0.3, 0.4) is 0 Å². The van der Waals surface area contributed by atoms with E-state index in [2.05, 4.69) is 6.92 Å². The minimum absolute atomic E-state index is 0.153. The first kappa shape index (κ1) is 26.4.